The summed E-state index contributed by atoms with van der Waals surface area (Å²) >= 11 is 0. The maximum Gasteiger partial charge on any atom is 0.306 e. The van der Waals surface area contributed by atoms with Crippen molar-refractivity contribution in [3.63, 3.8) is 0 Å². The second-order valence-corrected chi connectivity index (χ2v) is 18.0. The molecule has 11 heteroatoms. The summed E-state index contributed by atoms with van der Waals surface area (Å²) < 4.78 is 6.07. The van der Waals surface area contributed by atoms with Gasteiger partial charge in [0.25, 0.3) is 0 Å². The molecule has 0 atom stereocenters. The number of hydrazine groups is 1. The molecule has 0 heterocycles. The zero-order valence-electron chi connectivity index (χ0n) is 40.1. The van der Waals surface area contributed by atoms with Crippen LogP contribution in [0.3, 0.4) is 0 Å². The molecule has 5 N–H and O–H groups in total. The number of nitrogens with zero attached hydrogens (tertiary/aromatic N) is 2. The average Bonchev–Trinajstić information content (AvgIpc) is 3.23. The van der Waals surface area contributed by atoms with Crippen LogP contribution in [-0.2, 0) is 19.1 Å². The van der Waals surface area contributed by atoms with Gasteiger partial charge in [-0.05, 0) is 136 Å². The third-order valence-electron chi connectivity index (χ3n) is 12.5. The van der Waals surface area contributed by atoms with Crippen molar-refractivity contribution in [2.24, 2.45) is 11.8 Å². The maximum absolute atomic E-state index is 12.8. The molecule has 11 nitrogen and oxygen atoms in total. The number of carbonyl (C=O) groups is 3. The molecule has 0 saturated heterocycles. The Labute approximate surface area is 370 Å². The van der Waals surface area contributed by atoms with Crippen molar-refractivity contribution >= 4 is 17.8 Å². The molecule has 1 fully saturated rings. The van der Waals surface area contributed by atoms with Crippen LogP contribution in [0.25, 0.3) is 0 Å². The third-order valence-corrected chi connectivity index (χ3v) is 12.5. The van der Waals surface area contributed by atoms with Gasteiger partial charge in [0, 0.05) is 46.1 Å². The number of ether oxygens (including phenoxy) is 1. The minimum atomic E-state index is 0.00897. The Balaban J connectivity index is 2.27. The summed E-state index contributed by atoms with van der Waals surface area (Å²) in [5.41, 5.74) is 2.91. The molecule has 0 aromatic rings. The van der Waals surface area contributed by atoms with Gasteiger partial charge >= 0.3 is 5.97 Å². The molecule has 0 unspecified atom stereocenters. The van der Waals surface area contributed by atoms with Gasteiger partial charge in [0.05, 0.1) is 0 Å². The first-order valence-corrected chi connectivity index (χ1v) is 25.5. The van der Waals surface area contributed by atoms with E-state index in [9.17, 15) is 14.4 Å². The van der Waals surface area contributed by atoms with Crippen LogP contribution in [0.4, 0.5) is 0 Å². The first-order chi connectivity index (χ1) is 29.3. The van der Waals surface area contributed by atoms with Crippen LogP contribution >= 0.6 is 0 Å². The summed E-state index contributed by atoms with van der Waals surface area (Å²) in [6.45, 7) is 12.3. The number of esters is 1. The molecule has 0 radical (unpaired) electrons. The van der Waals surface area contributed by atoms with Crippen molar-refractivity contribution in [1.29, 1.82) is 0 Å². The van der Waals surface area contributed by atoms with Crippen molar-refractivity contribution in [2.75, 3.05) is 73.6 Å². The van der Waals surface area contributed by atoms with Gasteiger partial charge in [-0.1, -0.05) is 110 Å². The van der Waals surface area contributed by atoms with Crippen molar-refractivity contribution in [2.45, 2.75) is 213 Å². The lowest BCUT2D eigenvalue weighted by Crippen LogP contribution is -2.43. The fraction of sp³-hybridized carbons (Fsp3) is 0.939. The molecule has 2 amide bonds. The summed E-state index contributed by atoms with van der Waals surface area (Å²) in [6.07, 6.45) is 33.7. The molecule has 1 aliphatic carbocycles. The number of hydrogen-bond acceptors (Lipinski definition) is 9. The molecule has 1 rings (SSSR count). The minimum Gasteiger partial charge on any atom is -0.462 e. The number of unbranched alkanes of at least 4 members (excludes halogenated alkanes) is 18. The van der Waals surface area contributed by atoms with Crippen LogP contribution in [-0.4, -0.2) is 107 Å². The molecular formula is C49H99N7O4. The van der Waals surface area contributed by atoms with E-state index in [0.29, 0.717) is 18.8 Å². The van der Waals surface area contributed by atoms with Gasteiger partial charge < -0.3 is 30.9 Å². The van der Waals surface area contributed by atoms with E-state index in [2.05, 4.69) is 45.4 Å². The highest BCUT2D eigenvalue weighted by Gasteiger charge is 2.33. The van der Waals surface area contributed by atoms with Crippen molar-refractivity contribution in [1.82, 2.24) is 36.6 Å². The average molecular weight is 850 g/mol. The van der Waals surface area contributed by atoms with Gasteiger partial charge in [-0.25, -0.2) is 5.43 Å². The highest BCUT2D eigenvalue weighted by atomic mass is 16.5. The van der Waals surface area contributed by atoms with Gasteiger partial charge in [0.15, 0.2) is 0 Å². The maximum atomic E-state index is 12.8. The Kier molecular flexibility index (Phi) is 38.6. The number of amides is 2. The lowest BCUT2D eigenvalue weighted by molar-refractivity contribution is -0.150. The van der Waals surface area contributed by atoms with E-state index in [1.807, 2.05) is 7.05 Å². The van der Waals surface area contributed by atoms with E-state index in [4.69, 9.17) is 4.74 Å². The quantitative estimate of drug-likeness (QED) is 0.0177. The minimum absolute atomic E-state index is 0.00897. The van der Waals surface area contributed by atoms with E-state index in [0.717, 1.165) is 142 Å². The summed E-state index contributed by atoms with van der Waals surface area (Å²) in [5.74, 6) is 1.18. The van der Waals surface area contributed by atoms with Gasteiger partial charge in [0.1, 0.15) is 6.10 Å². The Morgan fingerprint density at radius 2 is 1.13 bits per heavy atom. The molecule has 0 aromatic carbocycles. The summed E-state index contributed by atoms with van der Waals surface area (Å²) in [4.78, 5) is 40.4. The molecule has 0 spiro atoms. The molecule has 354 valence electrons. The topological polar surface area (TPSA) is 127 Å². The number of hydrogen-bond donors (Lipinski definition) is 5. The Morgan fingerprint density at radius 1 is 0.600 bits per heavy atom. The highest BCUT2D eigenvalue weighted by Crippen LogP contribution is 2.33. The van der Waals surface area contributed by atoms with Gasteiger partial charge in [-0.3, -0.25) is 19.4 Å². The van der Waals surface area contributed by atoms with Crippen LogP contribution in [0.15, 0.2) is 0 Å². The molecule has 60 heavy (non-hydrogen) atoms. The SMILES string of the molecule is CCCCCCCCC(CCCCCCCC)OC(=O)CCCCCCCN(CCCCCCNC(=O)C1CC(CNCNCCCCNC)C1)CCCC(=O)N(C)NC. The van der Waals surface area contributed by atoms with E-state index in [-0.39, 0.29) is 29.8 Å². The van der Waals surface area contributed by atoms with Crippen LogP contribution in [0.2, 0.25) is 0 Å². The van der Waals surface area contributed by atoms with Crippen molar-refractivity contribution < 1.29 is 19.1 Å². The van der Waals surface area contributed by atoms with E-state index in [1.165, 1.54) is 89.9 Å². The molecule has 0 aliphatic heterocycles. The number of rotatable bonds is 45. The Hall–Kier alpha value is -1.79. The zero-order chi connectivity index (χ0) is 43.7. The molecule has 1 aliphatic rings. The van der Waals surface area contributed by atoms with Gasteiger partial charge in [0.2, 0.25) is 11.8 Å². The fourth-order valence-electron chi connectivity index (χ4n) is 8.32. The second-order valence-electron chi connectivity index (χ2n) is 18.0. The summed E-state index contributed by atoms with van der Waals surface area (Å²) in [6, 6.07) is 0. The normalized spacial score (nSPS) is 15.1. The van der Waals surface area contributed by atoms with Gasteiger partial charge in [-0.15, -0.1) is 0 Å². The largest absolute Gasteiger partial charge is 0.462 e. The highest BCUT2D eigenvalue weighted by molar-refractivity contribution is 5.79. The van der Waals surface area contributed by atoms with Crippen LogP contribution in [0.5, 0.6) is 0 Å². The van der Waals surface area contributed by atoms with Gasteiger partial charge in [-0.2, -0.15) is 0 Å². The predicted molar refractivity (Wildman–Crippen MR) is 253 cm³/mol. The van der Waals surface area contributed by atoms with E-state index in [1.54, 1.807) is 19.1 Å². The lowest BCUT2D eigenvalue weighted by Gasteiger charge is -2.34. The second kappa shape index (κ2) is 41.2. The Morgan fingerprint density at radius 3 is 1.75 bits per heavy atom. The molecule has 0 aromatic heterocycles. The molecule has 1 saturated carbocycles. The first-order valence-electron chi connectivity index (χ1n) is 25.5. The van der Waals surface area contributed by atoms with Crippen molar-refractivity contribution in [3.05, 3.63) is 0 Å². The lowest BCUT2D eigenvalue weighted by atomic mass is 9.74. The van der Waals surface area contributed by atoms with Crippen LogP contribution < -0.4 is 26.7 Å². The van der Waals surface area contributed by atoms with Crippen LogP contribution in [0.1, 0.15) is 206 Å². The first kappa shape index (κ1) is 56.2. The number of nitrogens with one attached hydrogen (secondary N) is 5. The summed E-state index contributed by atoms with van der Waals surface area (Å²) in [7, 11) is 5.55. The number of carbonyl (C=O) groups excluding carboxylic acids is 3. The van der Waals surface area contributed by atoms with E-state index < -0.39 is 0 Å². The smallest absolute Gasteiger partial charge is 0.306 e. The summed E-state index contributed by atoms with van der Waals surface area (Å²) in [5, 5.41) is 14.9. The van der Waals surface area contributed by atoms with Crippen molar-refractivity contribution in [3.8, 4) is 0 Å². The third kappa shape index (κ3) is 32.9. The van der Waals surface area contributed by atoms with Crippen LogP contribution in [0, 0.1) is 11.8 Å². The predicted octanol–water partition coefficient (Wildman–Crippen LogP) is 9.25. The molecule has 0 bridgehead atoms. The fourth-order valence-corrected chi connectivity index (χ4v) is 8.32. The van der Waals surface area contributed by atoms with E-state index >= 15 is 0 Å². The zero-order valence-corrected chi connectivity index (χ0v) is 40.1. The standard InChI is InChI=1S/C49H99N7O4/c1-6-8-10-12-15-21-30-46(31-22-16-13-11-9-7-2)60-48(58)33-23-17-14-19-27-37-56(39-29-32-47(57)55(5)51-4)38-28-20-18-24-36-54-49(59)45-40-44(41-45)42-53-43-52-35-26-25-34-50-3/h44-46,50-53H,6-43H2,1-5H3,(H,54,59). The molecular weight excluding hydrogens is 751 g/mol. The monoisotopic (exact) mass is 850 g/mol. The Bertz CT molecular complexity index is 983.